The van der Waals surface area contributed by atoms with E-state index in [2.05, 4.69) is 5.10 Å². The first-order valence-electron chi connectivity index (χ1n) is 9.02. The summed E-state index contributed by atoms with van der Waals surface area (Å²) < 4.78 is 12.0. The maximum atomic E-state index is 12.6. The lowest BCUT2D eigenvalue weighted by Crippen LogP contribution is -2.15. The van der Waals surface area contributed by atoms with Gasteiger partial charge in [-0.3, -0.25) is 9.48 Å². The van der Waals surface area contributed by atoms with Crippen molar-refractivity contribution in [2.75, 3.05) is 13.7 Å². The quantitative estimate of drug-likeness (QED) is 0.428. The van der Waals surface area contributed by atoms with Crippen LogP contribution >= 0.6 is 11.6 Å². The van der Waals surface area contributed by atoms with Gasteiger partial charge in [-0.05, 0) is 49.7 Å². The Hall–Kier alpha value is -3.12. The van der Waals surface area contributed by atoms with Gasteiger partial charge in [0.1, 0.15) is 11.3 Å². The number of aromatic nitrogens is 2. The number of ketones is 1. The normalized spacial score (nSPS) is 10.6. The van der Waals surface area contributed by atoms with E-state index < -0.39 is 5.97 Å². The van der Waals surface area contributed by atoms with Crippen LogP contribution in [0.2, 0.25) is 5.02 Å². The molecule has 29 heavy (non-hydrogen) atoms. The van der Waals surface area contributed by atoms with E-state index in [1.165, 1.54) is 0 Å². The summed E-state index contributed by atoms with van der Waals surface area (Å²) in [5.41, 5.74) is 2.90. The molecule has 0 unspecified atom stereocenters. The minimum Gasteiger partial charge on any atom is -0.497 e. The maximum absolute atomic E-state index is 12.6. The van der Waals surface area contributed by atoms with Gasteiger partial charge in [-0.1, -0.05) is 29.8 Å². The molecule has 0 aliphatic heterocycles. The molecule has 0 fully saturated rings. The molecule has 0 aliphatic carbocycles. The molecule has 0 saturated carbocycles. The second-order valence-electron chi connectivity index (χ2n) is 6.52. The molecule has 0 spiro atoms. The van der Waals surface area contributed by atoms with E-state index in [0.717, 1.165) is 5.56 Å². The third-order valence-electron chi connectivity index (χ3n) is 4.61. The van der Waals surface area contributed by atoms with Crippen molar-refractivity contribution in [3.8, 4) is 5.75 Å². The Balaban J connectivity index is 1.70. The van der Waals surface area contributed by atoms with Crippen LogP contribution in [0, 0.1) is 13.8 Å². The van der Waals surface area contributed by atoms with E-state index in [9.17, 15) is 9.59 Å². The Bertz CT molecular complexity index is 1040. The second kappa shape index (κ2) is 8.92. The molecule has 0 bridgehead atoms. The fourth-order valence-corrected chi connectivity index (χ4v) is 3.19. The zero-order chi connectivity index (χ0) is 21.0. The standard InChI is InChI=1S/C22H21ClN2O4/c1-14-21(15(2)25(24-14)12-17-6-4-5-7-19(17)23)22(27)29-13-20(26)16-8-10-18(28-3)11-9-16/h4-11H,12-13H2,1-3H3. The lowest BCUT2D eigenvalue weighted by Gasteiger charge is -2.08. The van der Waals surface area contributed by atoms with Crippen LogP contribution in [0.3, 0.4) is 0 Å². The molecule has 3 aromatic rings. The van der Waals surface area contributed by atoms with E-state index in [1.54, 1.807) is 49.9 Å². The molecule has 7 heteroatoms. The van der Waals surface area contributed by atoms with Crippen molar-refractivity contribution in [3.63, 3.8) is 0 Å². The summed E-state index contributed by atoms with van der Waals surface area (Å²) in [6.45, 7) is 3.61. The highest BCUT2D eigenvalue weighted by Crippen LogP contribution is 2.20. The van der Waals surface area contributed by atoms with E-state index in [1.807, 2.05) is 24.3 Å². The van der Waals surface area contributed by atoms with Gasteiger partial charge in [-0.25, -0.2) is 4.79 Å². The molecule has 3 rings (SSSR count). The van der Waals surface area contributed by atoms with Gasteiger partial charge in [0.2, 0.25) is 0 Å². The first-order chi connectivity index (χ1) is 13.9. The van der Waals surface area contributed by atoms with Gasteiger partial charge in [0.25, 0.3) is 0 Å². The largest absolute Gasteiger partial charge is 0.497 e. The van der Waals surface area contributed by atoms with Crippen LogP contribution in [0.25, 0.3) is 0 Å². The molecule has 1 aromatic heterocycles. The smallest absolute Gasteiger partial charge is 0.342 e. The summed E-state index contributed by atoms with van der Waals surface area (Å²) in [6.07, 6.45) is 0. The van der Waals surface area contributed by atoms with Crippen molar-refractivity contribution in [3.05, 3.63) is 81.6 Å². The summed E-state index contributed by atoms with van der Waals surface area (Å²) in [7, 11) is 1.55. The summed E-state index contributed by atoms with van der Waals surface area (Å²) in [6, 6.07) is 14.1. The zero-order valence-corrected chi connectivity index (χ0v) is 17.2. The number of rotatable bonds is 7. The minimum atomic E-state index is -0.577. The van der Waals surface area contributed by atoms with Gasteiger partial charge in [0.05, 0.1) is 25.0 Å². The Morgan fingerprint density at radius 2 is 1.76 bits per heavy atom. The number of ether oxygens (including phenoxy) is 2. The van der Waals surface area contributed by atoms with Gasteiger partial charge >= 0.3 is 5.97 Å². The highest BCUT2D eigenvalue weighted by molar-refractivity contribution is 6.31. The molecule has 0 atom stereocenters. The van der Waals surface area contributed by atoms with E-state index in [0.29, 0.717) is 39.8 Å². The average molecular weight is 413 g/mol. The molecule has 150 valence electrons. The van der Waals surface area contributed by atoms with Crippen LogP contribution in [0.1, 0.15) is 37.7 Å². The van der Waals surface area contributed by atoms with Gasteiger partial charge in [-0.2, -0.15) is 5.10 Å². The number of methoxy groups -OCH3 is 1. The van der Waals surface area contributed by atoms with Crippen LogP contribution in [-0.4, -0.2) is 35.2 Å². The summed E-state index contributed by atoms with van der Waals surface area (Å²) in [5, 5.41) is 5.06. The number of Topliss-reactive ketones (excluding diaryl/α,β-unsaturated/α-hetero) is 1. The van der Waals surface area contributed by atoms with Crippen molar-refractivity contribution >= 4 is 23.4 Å². The molecule has 0 saturated heterocycles. The molecule has 2 aromatic carbocycles. The van der Waals surface area contributed by atoms with Gasteiger partial charge < -0.3 is 9.47 Å². The van der Waals surface area contributed by atoms with E-state index in [-0.39, 0.29) is 12.4 Å². The van der Waals surface area contributed by atoms with Crippen LogP contribution in [0.15, 0.2) is 48.5 Å². The van der Waals surface area contributed by atoms with E-state index >= 15 is 0 Å². The van der Waals surface area contributed by atoms with Gasteiger partial charge in [0, 0.05) is 10.6 Å². The minimum absolute atomic E-state index is 0.292. The number of hydrogen-bond acceptors (Lipinski definition) is 5. The van der Waals surface area contributed by atoms with Crippen molar-refractivity contribution in [2.45, 2.75) is 20.4 Å². The monoisotopic (exact) mass is 412 g/mol. The fraction of sp³-hybridized carbons (Fsp3) is 0.227. The van der Waals surface area contributed by atoms with Crippen molar-refractivity contribution in [2.24, 2.45) is 0 Å². The Kier molecular flexibility index (Phi) is 6.34. The predicted octanol–water partition coefficient (Wildman–Crippen LogP) is 4.25. The van der Waals surface area contributed by atoms with Crippen LogP contribution in [0.5, 0.6) is 5.75 Å². The SMILES string of the molecule is COc1ccc(C(=O)COC(=O)c2c(C)nn(Cc3ccccc3Cl)c2C)cc1. The molecule has 0 radical (unpaired) electrons. The molecule has 6 nitrogen and oxygen atoms in total. The molecule has 0 aliphatic rings. The zero-order valence-electron chi connectivity index (χ0n) is 16.4. The topological polar surface area (TPSA) is 70.4 Å². The molecular weight excluding hydrogens is 392 g/mol. The summed E-state index contributed by atoms with van der Waals surface area (Å²) in [5.74, 6) is -0.220. The summed E-state index contributed by atoms with van der Waals surface area (Å²) >= 11 is 6.22. The Morgan fingerprint density at radius 1 is 1.07 bits per heavy atom. The van der Waals surface area contributed by atoms with E-state index in [4.69, 9.17) is 21.1 Å². The van der Waals surface area contributed by atoms with Crippen LogP contribution < -0.4 is 4.74 Å². The third-order valence-corrected chi connectivity index (χ3v) is 4.98. The number of carbonyl (C=O) groups is 2. The lowest BCUT2D eigenvalue weighted by atomic mass is 10.1. The first-order valence-corrected chi connectivity index (χ1v) is 9.40. The number of aryl methyl sites for hydroxylation is 1. The van der Waals surface area contributed by atoms with Crippen molar-refractivity contribution < 1.29 is 19.1 Å². The number of esters is 1. The molecule has 1 heterocycles. The van der Waals surface area contributed by atoms with Crippen molar-refractivity contribution in [1.29, 1.82) is 0 Å². The Morgan fingerprint density at radius 3 is 2.41 bits per heavy atom. The number of halogens is 1. The number of carbonyl (C=O) groups excluding carboxylic acids is 2. The Labute approximate surface area is 174 Å². The average Bonchev–Trinajstić information content (AvgIpc) is 3.00. The second-order valence-corrected chi connectivity index (χ2v) is 6.93. The highest BCUT2D eigenvalue weighted by Gasteiger charge is 2.21. The molecular formula is C22H21ClN2O4. The molecule has 0 amide bonds. The first kappa shape index (κ1) is 20.6. The number of hydrogen-bond donors (Lipinski definition) is 0. The van der Waals surface area contributed by atoms with Crippen molar-refractivity contribution in [1.82, 2.24) is 9.78 Å². The highest BCUT2D eigenvalue weighted by atomic mass is 35.5. The number of nitrogens with zero attached hydrogens (tertiary/aromatic N) is 2. The number of benzene rings is 2. The third kappa shape index (κ3) is 4.66. The maximum Gasteiger partial charge on any atom is 0.342 e. The lowest BCUT2D eigenvalue weighted by molar-refractivity contribution is 0.0473. The fourth-order valence-electron chi connectivity index (χ4n) is 3.00. The molecule has 0 N–H and O–H groups in total. The van der Waals surface area contributed by atoms with Crippen LogP contribution in [-0.2, 0) is 11.3 Å². The summed E-state index contributed by atoms with van der Waals surface area (Å²) in [4.78, 5) is 24.9. The van der Waals surface area contributed by atoms with Crippen LogP contribution in [0.4, 0.5) is 0 Å². The predicted molar refractivity (Wildman–Crippen MR) is 110 cm³/mol. The van der Waals surface area contributed by atoms with Gasteiger partial charge in [0.15, 0.2) is 12.4 Å². The van der Waals surface area contributed by atoms with Gasteiger partial charge in [-0.15, -0.1) is 0 Å².